The van der Waals surface area contributed by atoms with E-state index < -0.39 is 0 Å². The number of benzene rings is 1. The summed E-state index contributed by atoms with van der Waals surface area (Å²) in [5.74, 6) is 0.739. The van der Waals surface area contributed by atoms with E-state index in [1.165, 1.54) is 11.3 Å². The fourth-order valence-corrected chi connectivity index (χ4v) is 2.79. The average Bonchev–Trinajstić information content (AvgIpc) is 2.84. The third-order valence-corrected chi connectivity index (χ3v) is 4.06. The lowest BCUT2D eigenvalue weighted by molar-refractivity contribution is 0.415. The number of nitrogens with zero attached hydrogens (tertiary/aromatic N) is 2. The Morgan fingerprint density at radius 2 is 2.25 bits per heavy atom. The van der Waals surface area contributed by atoms with Gasteiger partial charge in [0.25, 0.3) is 0 Å². The van der Waals surface area contributed by atoms with Crippen LogP contribution in [0.1, 0.15) is 5.56 Å². The van der Waals surface area contributed by atoms with Crippen molar-refractivity contribution in [1.82, 2.24) is 9.55 Å². The zero-order valence-corrected chi connectivity index (χ0v) is 12.2. The van der Waals surface area contributed by atoms with Gasteiger partial charge in [-0.3, -0.25) is 4.79 Å². The Bertz CT molecular complexity index is 825. The molecule has 102 valence electrons. The number of methoxy groups -OCH3 is 1. The van der Waals surface area contributed by atoms with Crippen molar-refractivity contribution in [3.63, 3.8) is 0 Å². The van der Waals surface area contributed by atoms with Crippen molar-refractivity contribution < 1.29 is 4.74 Å². The molecule has 0 amide bonds. The Labute approximate surface area is 124 Å². The maximum atomic E-state index is 11.6. The van der Waals surface area contributed by atoms with E-state index >= 15 is 0 Å². The van der Waals surface area contributed by atoms with Crippen LogP contribution < -0.4 is 9.61 Å². The number of ether oxygens (including phenoxy) is 1. The van der Waals surface area contributed by atoms with Gasteiger partial charge in [-0.1, -0.05) is 22.9 Å². The van der Waals surface area contributed by atoms with Gasteiger partial charge in [-0.05, 0) is 18.2 Å². The van der Waals surface area contributed by atoms with E-state index in [1.807, 2.05) is 24.3 Å². The normalized spacial score (nSPS) is 10.9. The lowest BCUT2D eigenvalue weighted by atomic mass is 10.1. The van der Waals surface area contributed by atoms with Crippen LogP contribution in [0.3, 0.4) is 0 Å². The van der Waals surface area contributed by atoms with Crippen molar-refractivity contribution in [2.75, 3.05) is 7.11 Å². The van der Waals surface area contributed by atoms with Gasteiger partial charge in [0.2, 0.25) is 0 Å². The first kappa shape index (κ1) is 13.1. The molecule has 0 fully saturated rings. The minimum Gasteiger partial charge on any atom is -0.497 e. The second-order valence-electron chi connectivity index (χ2n) is 4.29. The first-order chi connectivity index (χ1) is 9.67. The molecule has 1 aromatic carbocycles. The summed E-state index contributed by atoms with van der Waals surface area (Å²) in [7, 11) is 1.61. The standard InChI is InChI=1S/C14H11ClN2O2S/c1-19-11-3-2-9-6-10(13(15)16-12(9)7-11)8-17-4-5-20-14(17)18/h2-7H,8H2,1H3. The summed E-state index contributed by atoms with van der Waals surface area (Å²) in [5.41, 5.74) is 1.60. The highest BCUT2D eigenvalue weighted by molar-refractivity contribution is 7.07. The van der Waals surface area contributed by atoms with Crippen LogP contribution in [0, 0.1) is 0 Å². The van der Waals surface area contributed by atoms with Gasteiger partial charge in [-0.15, -0.1) is 0 Å². The van der Waals surface area contributed by atoms with E-state index in [0.29, 0.717) is 11.7 Å². The van der Waals surface area contributed by atoms with Gasteiger partial charge in [-0.25, -0.2) is 4.98 Å². The smallest absolute Gasteiger partial charge is 0.307 e. The van der Waals surface area contributed by atoms with Crippen LogP contribution in [0.15, 0.2) is 40.6 Å². The van der Waals surface area contributed by atoms with Crippen LogP contribution in [0.5, 0.6) is 5.75 Å². The molecule has 0 bridgehead atoms. The number of thiazole rings is 1. The Hall–Kier alpha value is -1.85. The number of aromatic nitrogens is 2. The van der Waals surface area contributed by atoms with E-state index in [-0.39, 0.29) is 4.87 Å². The minimum atomic E-state index is -0.00380. The molecule has 3 aromatic rings. The highest BCUT2D eigenvalue weighted by atomic mass is 35.5. The molecule has 4 nitrogen and oxygen atoms in total. The minimum absolute atomic E-state index is 0.00380. The molecule has 0 N–H and O–H groups in total. The highest BCUT2D eigenvalue weighted by Crippen LogP contribution is 2.24. The molecule has 0 aliphatic heterocycles. The van der Waals surface area contributed by atoms with E-state index in [2.05, 4.69) is 4.98 Å². The van der Waals surface area contributed by atoms with Crippen LogP contribution in [-0.4, -0.2) is 16.7 Å². The molecule has 6 heteroatoms. The van der Waals surface area contributed by atoms with E-state index in [0.717, 1.165) is 22.2 Å². The summed E-state index contributed by atoms with van der Waals surface area (Å²) in [4.78, 5) is 15.9. The van der Waals surface area contributed by atoms with E-state index in [4.69, 9.17) is 16.3 Å². The number of hydrogen-bond acceptors (Lipinski definition) is 4. The molecule has 2 heterocycles. The highest BCUT2D eigenvalue weighted by Gasteiger charge is 2.08. The Kier molecular flexibility index (Phi) is 3.46. The van der Waals surface area contributed by atoms with E-state index in [9.17, 15) is 4.79 Å². The van der Waals surface area contributed by atoms with Crippen LogP contribution >= 0.6 is 22.9 Å². The van der Waals surface area contributed by atoms with Gasteiger partial charge in [0.1, 0.15) is 10.9 Å². The zero-order valence-electron chi connectivity index (χ0n) is 10.7. The summed E-state index contributed by atoms with van der Waals surface area (Å²) in [6, 6.07) is 7.59. The van der Waals surface area contributed by atoms with Crippen molar-refractivity contribution in [1.29, 1.82) is 0 Å². The third kappa shape index (κ3) is 2.42. The molecular formula is C14H11ClN2O2S. The fourth-order valence-electron chi connectivity index (χ4n) is 2.00. The maximum Gasteiger partial charge on any atom is 0.307 e. The molecule has 20 heavy (non-hydrogen) atoms. The summed E-state index contributed by atoms with van der Waals surface area (Å²) in [6.07, 6.45) is 1.75. The molecule has 0 saturated heterocycles. The molecule has 0 spiro atoms. The monoisotopic (exact) mass is 306 g/mol. The van der Waals surface area contributed by atoms with Crippen LogP contribution in [0.4, 0.5) is 0 Å². The van der Waals surface area contributed by atoms with Crippen molar-refractivity contribution in [3.8, 4) is 5.75 Å². The number of rotatable bonds is 3. The Morgan fingerprint density at radius 1 is 1.40 bits per heavy atom. The van der Waals surface area contributed by atoms with Crippen molar-refractivity contribution in [2.45, 2.75) is 6.54 Å². The van der Waals surface area contributed by atoms with Crippen molar-refractivity contribution in [2.24, 2.45) is 0 Å². The lowest BCUT2D eigenvalue weighted by Crippen LogP contribution is -2.13. The summed E-state index contributed by atoms with van der Waals surface area (Å²) in [6.45, 7) is 0.427. The predicted molar refractivity (Wildman–Crippen MR) is 81.0 cm³/mol. The molecule has 0 aliphatic rings. The van der Waals surface area contributed by atoms with E-state index in [1.54, 1.807) is 23.3 Å². The zero-order chi connectivity index (χ0) is 14.1. The lowest BCUT2D eigenvalue weighted by Gasteiger charge is -2.07. The number of pyridine rings is 1. The molecular weight excluding hydrogens is 296 g/mol. The van der Waals surface area contributed by atoms with Gasteiger partial charge < -0.3 is 9.30 Å². The van der Waals surface area contributed by atoms with Crippen LogP contribution in [0.25, 0.3) is 10.9 Å². The summed E-state index contributed by atoms with van der Waals surface area (Å²) >= 11 is 7.37. The number of fused-ring (bicyclic) bond motifs is 1. The molecule has 3 rings (SSSR count). The quantitative estimate of drug-likeness (QED) is 0.698. The van der Waals surface area contributed by atoms with Gasteiger partial charge in [0.15, 0.2) is 0 Å². The maximum absolute atomic E-state index is 11.6. The fraction of sp³-hybridized carbons (Fsp3) is 0.143. The Balaban J connectivity index is 2.06. The topological polar surface area (TPSA) is 44.1 Å². The molecule has 0 radical (unpaired) electrons. The molecule has 2 aromatic heterocycles. The first-order valence-corrected chi connectivity index (χ1v) is 7.20. The second-order valence-corrected chi connectivity index (χ2v) is 5.51. The molecule has 0 unspecified atom stereocenters. The third-order valence-electron chi connectivity index (χ3n) is 3.04. The first-order valence-electron chi connectivity index (χ1n) is 5.94. The predicted octanol–water partition coefficient (Wildman–Crippen LogP) is 3.17. The van der Waals surface area contributed by atoms with Gasteiger partial charge in [0.05, 0.1) is 19.2 Å². The van der Waals surface area contributed by atoms with Crippen molar-refractivity contribution in [3.05, 3.63) is 56.2 Å². The number of hydrogen-bond donors (Lipinski definition) is 0. The second kappa shape index (κ2) is 5.26. The van der Waals surface area contributed by atoms with Crippen LogP contribution in [-0.2, 0) is 6.54 Å². The van der Waals surface area contributed by atoms with Gasteiger partial charge in [-0.2, -0.15) is 0 Å². The van der Waals surface area contributed by atoms with Gasteiger partial charge in [0, 0.05) is 28.6 Å². The molecule has 0 atom stereocenters. The Morgan fingerprint density at radius 3 is 2.95 bits per heavy atom. The SMILES string of the molecule is COc1ccc2cc(Cn3ccsc3=O)c(Cl)nc2c1. The van der Waals surface area contributed by atoms with Crippen LogP contribution in [0.2, 0.25) is 5.15 Å². The molecule has 0 aliphatic carbocycles. The largest absolute Gasteiger partial charge is 0.497 e. The summed E-state index contributed by atoms with van der Waals surface area (Å²) < 4.78 is 6.78. The average molecular weight is 307 g/mol. The molecule has 0 saturated carbocycles. The summed E-state index contributed by atoms with van der Waals surface area (Å²) in [5, 5.41) is 3.13. The van der Waals surface area contributed by atoms with Crippen molar-refractivity contribution >= 4 is 33.8 Å². The number of halogens is 1. The van der Waals surface area contributed by atoms with Gasteiger partial charge >= 0.3 is 4.87 Å².